The summed E-state index contributed by atoms with van der Waals surface area (Å²) < 4.78 is 19.4. The molecule has 1 atom stereocenters. The first-order valence-corrected chi connectivity index (χ1v) is 9.91. The molecule has 2 aliphatic heterocycles. The molecule has 1 N–H and O–H groups in total. The second kappa shape index (κ2) is 8.61. The lowest BCUT2D eigenvalue weighted by Gasteiger charge is -2.36. The van der Waals surface area contributed by atoms with Crippen molar-refractivity contribution in [1.82, 2.24) is 10.2 Å². The molecule has 7 heteroatoms. The number of carbonyl (C=O) groups excluding carboxylic acids is 2. The van der Waals surface area contributed by atoms with Gasteiger partial charge in [-0.25, -0.2) is 4.39 Å². The van der Waals surface area contributed by atoms with E-state index in [0.717, 1.165) is 17.7 Å². The van der Waals surface area contributed by atoms with E-state index in [9.17, 15) is 14.0 Å². The highest BCUT2D eigenvalue weighted by molar-refractivity contribution is 5.95. The number of halogens is 1. The lowest BCUT2D eigenvalue weighted by Crippen LogP contribution is -2.50. The summed E-state index contributed by atoms with van der Waals surface area (Å²) in [6, 6.07) is 13.4. The second-order valence-electron chi connectivity index (χ2n) is 7.30. The number of hydrogen-bond donors (Lipinski definition) is 1. The van der Waals surface area contributed by atoms with Gasteiger partial charge in [0.05, 0.1) is 6.04 Å². The van der Waals surface area contributed by atoms with Crippen molar-refractivity contribution in [2.24, 2.45) is 0 Å². The van der Waals surface area contributed by atoms with Gasteiger partial charge in [0.25, 0.3) is 5.91 Å². The summed E-state index contributed by atoms with van der Waals surface area (Å²) in [5.74, 6) is 0.193. The van der Waals surface area contributed by atoms with Crippen LogP contribution in [0.5, 0.6) is 5.75 Å². The van der Waals surface area contributed by atoms with Crippen LogP contribution in [0.3, 0.4) is 0 Å². The molecule has 2 saturated heterocycles. The van der Waals surface area contributed by atoms with E-state index in [1.54, 1.807) is 28.0 Å². The van der Waals surface area contributed by atoms with Gasteiger partial charge in [0.1, 0.15) is 11.6 Å². The highest BCUT2D eigenvalue weighted by Gasteiger charge is 2.28. The van der Waals surface area contributed by atoms with Gasteiger partial charge in [0.2, 0.25) is 5.91 Å². The smallest absolute Gasteiger partial charge is 0.261 e. The quantitative estimate of drug-likeness (QED) is 0.842. The van der Waals surface area contributed by atoms with Crippen LogP contribution in [0.4, 0.5) is 10.1 Å². The van der Waals surface area contributed by atoms with Crippen molar-refractivity contribution >= 4 is 17.5 Å². The maximum absolute atomic E-state index is 13.6. The van der Waals surface area contributed by atoms with Gasteiger partial charge < -0.3 is 19.9 Å². The molecule has 0 aromatic heterocycles. The Bertz CT molecular complexity index is 904. The fraction of sp³-hybridized carbons (Fsp3) is 0.364. The average molecular weight is 397 g/mol. The number of carbonyl (C=O) groups is 2. The molecule has 6 nitrogen and oxygen atoms in total. The lowest BCUT2D eigenvalue weighted by molar-refractivity contribution is -0.136. The van der Waals surface area contributed by atoms with Crippen molar-refractivity contribution in [3.8, 4) is 5.75 Å². The molecule has 0 aliphatic carbocycles. The molecule has 2 aromatic carbocycles. The standard InChI is InChI=1S/C22H24FN3O3/c23-17-5-1-4-16(12-17)20-14-24-9-11-26(20)22(28)15-29-19-7-2-6-18(13-19)25-10-3-8-21(25)27/h1-2,4-7,12-13,20,24H,3,8-11,14-15H2. The highest BCUT2D eigenvalue weighted by atomic mass is 19.1. The maximum Gasteiger partial charge on any atom is 0.261 e. The molecule has 4 rings (SSSR count). The van der Waals surface area contributed by atoms with E-state index in [1.165, 1.54) is 12.1 Å². The molecular formula is C22H24FN3O3. The number of hydrogen-bond acceptors (Lipinski definition) is 4. The molecule has 2 aromatic rings. The molecule has 1 unspecified atom stereocenters. The molecule has 0 bridgehead atoms. The number of anilines is 1. The molecule has 2 aliphatic rings. The Morgan fingerprint density at radius 3 is 2.83 bits per heavy atom. The van der Waals surface area contributed by atoms with Crippen LogP contribution in [0.2, 0.25) is 0 Å². The van der Waals surface area contributed by atoms with E-state index < -0.39 is 0 Å². The van der Waals surface area contributed by atoms with Crippen LogP contribution in [0.1, 0.15) is 24.4 Å². The van der Waals surface area contributed by atoms with E-state index in [-0.39, 0.29) is 30.3 Å². The molecule has 2 fully saturated rings. The van der Waals surface area contributed by atoms with Crippen LogP contribution in [-0.4, -0.2) is 49.5 Å². The van der Waals surface area contributed by atoms with E-state index in [0.29, 0.717) is 38.3 Å². The highest BCUT2D eigenvalue weighted by Crippen LogP contribution is 2.26. The molecule has 29 heavy (non-hydrogen) atoms. The molecule has 0 radical (unpaired) electrons. The summed E-state index contributed by atoms with van der Waals surface area (Å²) in [5, 5.41) is 3.26. The summed E-state index contributed by atoms with van der Waals surface area (Å²) in [6.45, 7) is 2.39. The fourth-order valence-electron chi connectivity index (χ4n) is 3.90. The Labute approximate surface area is 169 Å². The Balaban J connectivity index is 1.42. The van der Waals surface area contributed by atoms with Crippen LogP contribution in [-0.2, 0) is 9.59 Å². The van der Waals surface area contributed by atoms with Crippen molar-refractivity contribution in [1.29, 1.82) is 0 Å². The first-order valence-electron chi connectivity index (χ1n) is 9.91. The van der Waals surface area contributed by atoms with Crippen molar-refractivity contribution in [2.75, 3.05) is 37.7 Å². The van der Waals surface area contributed by atoms with Crippen LogP contribution in [0, 0.1) is 5.82 Å². The second-order valence-corrected chi connectivity index (χ2v) is 7.30. The number of rotatable bonds is 5. The first kappa shape index (κ1) is 19.4. The van der Waals surface area contributed by atoms with E-state index >= 15 is 0 Å². The topological polar surface area (TPSA) is 61.9 Å². The SMILES string of the molecule is O=C1CCCN1c1cccc(OCC(=O)N2CCNCC2c2cccc(F)c2)c1. The average Bonchev–Trinajstić information content (AvgIpc) is 3.18. The largest absolute Gasteiger partial charge is 0.484 e. The van der Waals surface area contributed by atoms with Gasteiger partial charge >= 0.3 is 0 Å². The number of ether oxygens (including phenoxy) is 1. The zero-order chi connectivity index (χ0) is 20.2. The van der Waals surface area contributed by atoms with Gasteiger partial charge in [-0.05, 0) is 36.2 Å². The van der Waals surface area contributed by atoms with E-state index in [4.69, 9.17) is 4.74 Å². The minimum Gasteiger partial charge on any atom is -0.484 e. The van der Waals surface area contributed by atoms with Crippen LogP contribution < -0.4 is 15.0 Å². The van der Waals surface area contributed by atoms with Crippen molar-refractivity contribution < 1.29 is 18.7 Å². The monoisotopic (exact) mass is 397 g/mol. The normalized spacial score (nSPS) is 19.5. The molecule has 2 heterocycles. The number of nitrogens with one attached hydrogen (secondary N) is 1. The Morgan fingerprint density at radius 1 is 1.17 bits per heavy atom. The van der Waals surface area contributed by atoms with E-state index in [2.05, 4.69) is 5.32 Å². The molecule has 0 spiro atoms. The van der Waals surface area contributed by atoms with Gasteiger partial charge in [-0.3, -0.25) is 9.59 Å². The summed E-state index contributed by atoms with van der Waals surface area (Å²) in [6.07, 6.45) is 1.42. The van der Waals surface area contributed by atoms with Crippen LogP contribution in [0.25, 0.3) is 0 Å². The molecule has 152 valence electrons. The number of amides is 2. The van der Waals surface area contributed by atoms with Crippen molar-refractivity contribution in [3.05, 3.63) is 59.9 Å². The van der Waals surface area contributed by atoms with Crippen LogP contribution in [0.15, 0.2) is 48.5 Å². The third-order valence-electron chi connectivity index (χ3n) is 5.36. The summed E-state index contributed by atoms with van der Waals surface area (Å²) in [5.41, 5.74) is 1.55. The summed E-state index contributed by atoms with van der Waals surface area (Å²) in [4.78, 5) is 28.3. The lowest BCUT2D eigenvalue weighted by atomic mass is 10.0. The third-order valence-corrected chi connectivity index (χ3v) is 5.36. The number of benzene rings is 2. The number of piperazine rings is 1. The Kier molecular flexibility index (Phi) is 5.76. The Hall–Kier alpha value is -2.93. The van der Waals surface area contributed by atoms with Crippen molar-refractivity contribution in [3.63, 3.8) is 0 Å². The minimum atomic E-state index is -0.315. The third kappa shape index (κ3) is 4.40. The summed E-state index contributed by atoms with van der Waals surface area (Å²) >= 11 is 0. The first-order chi connectivity index (χ1) is 14.1. The molecular weight excluding hydrogens is 373 g/mol. The zero-order valence-electron chi connectivity index (χ0n) is 16.1. The van der Waals surface area contributed by atoms with Gasteiger partial charge in [-0.2, -0.15) is 0 Å². The predicted octanol–water partition coefficient (Wildman–Crippen LogP) is 2.50. The molecule has 0 saturated carbocycles. The van der Waals surface area contributed by atoms with Gasteiger partial charge in [-0.1, -0.05) is 18.2 Å². The Morgan fingerprint density at radius 2 is 2.03 bits per heavy atom. The zero-order valence-corrected chi connectivity index (χ0v) is 16.1. The minimum absolute atomic E-state index is 0.108. The number of nitrogens with zero attached hydrogens (tertiary/aromatic N) is 2. The van der Waals surface area contributed by atoms with Gasteiger partial charge in [0, 0.05) is 44.4 Å². The van der Waals surface area contributed by atoms with Crippen LogP contribution >= 0.6 is 0 Å². The summed E-state index contributed by atoms with van der Waals surface area (Å²) in [7, 11) is 0. The molecule has 2 amide bonds. The van der Waals surface area contributed by atoms with Gasteiger partial charge in [-0.15, -0.1) is 0 Å². The van der Waals surface area contributed by atoms with Crippen molar-refractivity contribution in [2.45, 2.75) is 18.9 Å². The van der Waals surface area contributed by atoms with E-state index in [1.807, 2.05) is 18.2 Å². The predicted molar refractivity (Wildman–Crippen MR) is 107 cm³/mol. The maximum atomic E-state index is 13.6. The fourth-order valence-corrected chi connectivity index (χ4v) is 3.90. The van der Waals surface area contributed by atoms with Gasteiger partial charge in [0.15, 0.2) is 6.61 Å².